The van der Waals surface area contributed by atoms with Crippen LogP contribution in [0.3, 0.4) is 0 Å². The van der Waals surface area contributed by atoms with Crippen LogP contribution in [0.5, 0.6) is 5.75 Å². The van der Waals surface area contributed by atoms with Gasteiger partial charge in [-0.15, -0.1) is 0 Å². The molecule has 0 saturated carbocycles. The van der Waals surface area contributed by atoms with Crippen molar-refractivity contribution in [2.24, 2.45) is 0 Å². The van der Waals surface area contributed by atoms with E-state index in [0.717, 1.165) is 17.7 Å². The molecule has 1 atom stereocenters. The Bertz CT molecular complexity index is 1010. The highest BCUT2D eigenvalue weighted by molar-refractivity contribution is 5.93. The maximum absolute atomic E-state index is 11.9. The maximum Gasteiger partial charge on any atom is 0.341 e. The van der Waals surface area contributed by atoms with Crippen LogP contribution in [0, 0.1) is 0 Å². The van der Waals surface area contributed by atoms with Gasteiger partial charge in [-0.25, -0.2) is 9.78 Å². The maximum atomic E-state index is 11.9. The van der Waals surface area contributed by atoms with Gasteiger partial charge < -0.3 is 20.1 Å². The van der Waals surface area contributed by atoms with E-state index < -0.39 is 5.97 Å². The van der Waals surface area contributed by atoms with Crippen molar-refractivity contribution in [3.8, 4) is 17.0 Å². The summed E-state index contributed by atoms with van der Waals surface area (Å²) < 4.78 is 10.1. The molecule has 2 N–H and O–H groups in total. The van der Waals surface area contributed by atoms with Crippen LogP contribution in [0.4, 0.5) is 17.5 Å². The molecule has 1 aromatic carbocycles. The molecule has 0 aliphatic heterocycles. The zero-order valence-corrected chi connectivity index (χ0v) is 17.5. The third kappa shape index (κ3) is 5.02. The van der Waals surface area contributed by atoms with Gasteiger partial charge in [0.25, 0.3) is 0 Å². The molecule has 156 valence electrons. The van der Waals surface area contributed by atoms with Gasteiger partial charge in [0.15, 0.2) is 0 Å². The molecule has 3 rings (SSSR count). The number of methoxy groups -OCH3 is 2. The lowest BCUT2D eigenvalue weighted by Crippen LogP contribution is -2.16. The molecule has 0 bridgehead atoms. The Labute approximate surface area is 175 Å². The molecular weight excluding hydrogens is 382 g/mol. The predicted molar refractivity (Wildman–Crippen MR) is 116 cm³/mol. The first-order valence-electron chi connectivity index (χ1n) is 9.63. The standard InChI is InChI=1S/C22H25N5O3/c1-5-14(2)24-22-26-18(15-7-6-10-23-13-15)12-20(27-22)25-16-8-9-17(21(28)30-4)19(11-16)29-3/h6-14H,5H2,1-4H3,(H2,24,25,26,27)/t14-/m1/s1. The molecule has 30 heavy (non-hydrogen) atoms. The van der Waals surface area contributed by atoms with Crippen LogP contribution in [0.15, 0.2) is 48.8 Å². The Morgan fingerprint density at radius 2 is 2.00 bits per heavy atom. The fourth-order valence-corrected chi connectivity index (χ4v) is 2.76. The highest BCUT2D eigenvalue weighted by Gasteiger charge is 2.14. The average molecular weight is 407 g/mol. The first kappa shape index (κ1) is 21.0. The quantitative estimate of drug-likeness (QED) is 0.534. The zero-order chi connectivity index (χ0) is 21.5. The van der Waals surface area contributed by atoms with E-state index in [4.69, 9.17) is 9.47 Å². The molecular formula is C22H25N5O3. The second-order valence-corrected chi connectivity index (χ2v) is 6.69. The lowest BCUT2D eigenvalue weighted by atomic mass is 10.1. The number of aromatic nitrogens is 3. The number of esters is 1. The highest BCUT2D eigenvalue weighted by Crippen LogP contribution is 2.28. The number of anilines is 3. The number of nitrogens with zero attached hydrogens (tertiary/aromatic N) is 3. The molecule has 0 aliphatic carbocycles. The summed E-state index contributed by atoms with van der Waals surface area (Å²) in [5.41, 5.74) is 2.69. The van der Waals surface area contributed by atoms with E-state index in [1.165, 1.54) is 14.2 Å². The molecule has 0 amide bonds. The number of carbonyl (C=O) groups is 1. The molecule has 2 aromatic heterocycles. The summed E-state index contributed by atoms with van der Waals surface area (Å²) in [7, 11) is 2.84. The number of rotatable bonds is 8. The number of carbonyl (C=O) groups excluding carboxylic acids is 1. The van der Waals surface area contributed by atoms with E-state index in [2.05, 4.69) is 39.4 Å². The van der Waals surface area contributed by atoms with Crippen molar-refractivity contribution in [2.75, 3.05) is 24.9 Å². The smallest absolute Gasteiger partial charge is 0.341 e. The molecule has 2 heterocycles. The normalized spacial score (nSPS) is 11.5. The summed E-state index contributed by atoms with van der Waals surface area (Å²) in [6, 6.07) is 11.0. The highest BCUT2D eigenvalue weighted by atomic mass is 16.5. The van der Waals surface area contributed by atoms with Gasteiger partial charge in [-0.3, -0.25) is 4.98 Å². The Hall–Kier alpha value is -3.68. The molecule has 0 fully saturated rings. The minimum absolute atomic E-state index is 0.224. The van der Waals surface area contributed by atoms with Crippen LogP contribution < -0.4 is 15.4 Å². The van der Waals surface area contributed by atoms with Gasteiger partial charge in [-0.05, 0) is 37.6 Å². The molecule has 0 aliphatic rings. The van der Waals surface area contributed by atoms with E-state index in [1.54, 1.807) is 30.6 Å². The minimum atomic E-state index is -0.459. The lowest BCUT2D eigenvalue weighted by Gasteiger charge is -2.15. The van der Waals surface area contributed by atoms with Crippen LogP contribution in [0.1, 0.15) is 30.6 Å². The minimum Gasteiger partial charge on any atom is -0.496 e. The summed E-state index contributed by atoms with van der Waals surface area (Å²) in [5, 5.41) is 6.57. The first-order valence-corrected chi connectivity index (χ1v) is 9.63. The van der Waals surface area contributed by atoms with Gasteiger partial charge in [0, 0.05) is 41.8 Å². The van der Waals surface area contributed by atoms with Gasteiger partial charge in [0.2, 0.25) is 5.95 Å². The van der Waals surface area contributed by atoms with Crippen molar-refractivity contribution in [3.63, 3.8) is 0 Å². The van der Waals surface area contributed by atoms with Crippen molar-refractivity contribution < 1.29 is 14.3 Å². The van der Waals surface area contributed by atoms with Gasteiger partial charge in [-0.1, -0.05) is 6.92 Å². The largest absolute Gasteiger partial charge is 0.496 e. The summed E-state index contributed by atoms with van der Waals surface area (Å²) >= 11 is 0. The van der Waals surface area contributed by atoms with E-state index in [-0.39, 0.29) is 6.04 Å². The topological polar surface area (TPSA) is 98.3 Å². The Morgan fingerprint density at radius 1 is 1.17 bits per heavy atom. The van der Waals surface area contributed by atoms with Gasteiger partial charge in [-0.2, -0.15) is 4.98 Å². The monoisotopic (exact) mass is 407 g/mol. The van der Waals surface area contributed by atoms with E-state index in [9.17, 15) is 4.79 Å². The predicted octanol–water partition coefficient (Wildman–Crippen LogP) is 4.29. The van der Waals surface area contributed by atoms with Crippen LogP contribution in [-0.2, 0) is 4.74 Å². The lowest BCUT2D eigenvalue weighted by molar-refractivity contribution is 0.0597. The van der Waals surface area contributed by atoms with Crippen molar-refractivity contribution in [1.29, 1.82) is 0 Å². The number of hydrogen-bond acceptors (Lipinski definition) is 8. The SMILES string of the molecule is CC[C@@H](C)Nc1nc(Nc2ccc(C(=O)OC)c(OC)c2)cc(-c2cccnc2)n1. The first-order chi connectivity index (χ1) is 14.5. The summed E-state index contributed by atoms with van der Waals surface area (Å²) in [6.45, 7) is 4.17. The molecule has 0 spiro atoms. The molecule has 0 radical (unpaired) electrons. The number of hydrogen-bond donors (Lipinski definition) is 2. The molecule has 8 heteroatoms. The number of benzene rings is 1. The molecule has 0 unspecified atom stereocenters. The third-order valence-corrected chi connectivity index (χ3v) is 4.55. The summed E-state index contributed by atoms with van der Waals surface area (Å²) in [5.74, 6) is 1.07. The van der Waals surface area contributed by atoms with Crippen LogP contribution in [0.2, 0.25) is 0 Å². The number of nitrogens with one attached hydrogen (secondary N) is 2. The molecule has 3 aromatic rings. The zero-order valence-electron chi connectivity index (χ0n) is 17.5. The number of pyridine rings is 1. The second kappa shape index (κ2) is 9.69. The fraction of sp³-hybridized carbons (Fsp3) is 0.273. The summed E-state index contributed by atoms with van der Waals surface area (Å²) in [4.78, 5) is 25.3. The Morgan fingerprint density at radius 3 is 2.67 bits per heavy atom. The van der Waals surface area contributed by atoms with Crippen molar-refractivity contribution >= 4 is 23.4 Å². The van der Waals surface area contributed by atoms with Crippen molar-refractivity contribution in [1.82, 2.24) is 15.0 Å². The van der Waals surface area contributed by atoms with Crippen molar-refractivity contribution in [3.05, 3.63) is 54.4 Å². The number of ether oxygens (including phenoxy) is 2. The van der Waals surface area contributed by atoms with Crippen LogP contribution >= 0.6 is 0 Å². The second-order valence-electron chi connectivity index (χ2n) is 6.69. The van der Waals surface area contributed by atoms with Crippen LogP contribution in [-0.4, -0.2) is 41.2 Å². The molecule has 8 nitrogen and oxygen atoms in total. The average Bonchev–Trinajstić information content (AvgIpc) is 2.78. The van der Waals surface area contributed by atoms with E-state index in [1.807, 2.05) is 18.2 Å². The van der Waals surface area contributed by atoms with Crippen LogP contribution in [0.25, 0.3) is 11.3 Å². The van der Waals surface area contributed by atoms with E-state index in [0.29, 0.717) is 28.8 Å². The van der Waals surface area contributed by atoms with Gasteiger partial charge >= 0.3 is 5.97 Å². The summed E-state index contributed by atoms with van der Waals surface area (Å²) in [6.07, 6.45) is 4.42. The van der Waals surface area contributed by atoms with Gasteiger partial charge in [0.1, 0.15) is 17.1 Å². The third-order valence-electron chi connectivity index (χ3n) is 4.55. The van der Waals surface area contributed by atoms with Crippen molar-refractivity contribution in [2.45, 2.75) is 26.3 Å². The Kier molecular flexibility index (Phi) is 6.79. The van der Waals surface area contributed by atoms with Gasteiger partial charge in [0.05, 0.1) is 19.9 Å². The molecule has 0 saturated heterocycles. The Balaban J connectivity index is 1.96. The fourth-order valence-electron chi connectivity index (χ4n) is 2.76. The van der Waals surface area contributed by atoms with E-state index >= 15 is 0 Å².